The molecule has 166 valence electrons. The van der Waals surface area contributed by atoms with E-state index < -0.39 is 0 Å². The number of hydrogen-bond acceptors (Lipinski definition) is 2. The SMILES string of the molecule is CCCCCCOc1c(C)cc(-c2cc(C)c(OCCCCCC)c(C)c2)cc1C. The lowest BCUT2D eigenvalue weighted by molar-refractivity contribution is 0.301. The average molecular weight is 411 g/mol. The van der Waals surface area contributed by atoms with Gasteiger partial charge in [-0.25, -0.2) is 0 Å². The smallest absolute Gasteiger partial charge is 0.125 e. The fourth-order valence-electron chi connectivity index (χ4n) is 4.10. The van der Waals surface area contributed by atoms with Crippen LogP contribution < -0.4 is 9.47 Å². The first kappa shape index (κ1) is 24.3. The van der Waals surface area contributed by atoms with E-state index in [2.05, 4.69) is 65.8 Å². The Hall–Kier alpha value is -1.96. The van der Waals surface area contributed by atoms with E-state index in [1.165, 1.54) is 71.9 Å². The summed E-state index contributed by atoms with van der Waals surface area (Å²) in [5, 5.41) is 0. The van der Waals surface area contributed by atoms with Gasteiger partial charge in [0.05, 0.1) is 13.2 Å². The Labute approximate surface area is 185 Å². The predicted molar refractivity (Wildman–Crippen MR) is 130 cm³/mol. The van der Waals surface area contributed by atoms with Crippen LogP contribution in [0.5, 0.6) is 11.5 Å². The van der Waals surface area contributed by atoms with Gasteiger partial charge in [-0.2, -0.15) is 0 Å². The van der Waals surface area contributed by atoms with Gasteiger partial charge in [0.2, 0.25) is 0 Å². The average Bonchev–Trinajstić information content (AvgIpc) is 2.70. The molecule has 0 unspecified atom stereocenters. The van der Waals surface area contributed by atoms with Gasteiger partial charge in [-0.1, -0.05) is 52.4 Å². The van der Waals surface area contributed by atoms with Crippen molar-refractivity contribution in [2.24, 2.45) is 0 Å². The van der Waals surface area contributed by atoms with E-state index in [1.807, 2.05) is 0 Å². The summed E-state index contributed by atoms with van der Waals surface area (Å²) in [4.78, 5) is 0. The Morgan fingerprint density at radius 2 is 0.833 bits per heavy atom. The summed E-state index contributed by atoms with van der Waals surface area (Å²) in [6.45, 7) is 14.7. The summed E-state index contributed by atoms with van der Waals surface area (Å²) < 4.78 is 12.2. The quantitative estimate of drug-likeness (QED) is 0.308. The number of benzene rings is 2. The molecule has 0 aliphatic heterocycles. The van der Waals surface area contributed by atoms with E-state index >= 15 is 0 Å². The Kier molecular flexibility index (Phi) is 10.3. The van der Waals surface area contributed by atoms with Gasteiger partial charge in [-0.3, -0.25) is 0 Å². The Morgan fingerprint density at radius 3 is 1.13 bits per heavy atom. The highest BCUT2D eigenvalue weighted by molar-refractivity contribution is 5.70. The largest absolute Gasteiger partial charge is 0.493 e. The third-order valence-corrected chi connectivity index (χ3v) is 5.74. The zero-order chi connectivity index (χ0) is 21.9. The van der Waals surface area contributed by atoms with Crippen LogP contribution in [0.25, 0.3) is 11.1 Å². The molecule has 2 aromatic rings. The first-order valence-electron chi connectivity index (χ1n) is 12.0. The molecule has 0 fully saturated rings. The van der Waals surface area contributed by atoms with Gasteiger partial charge in [0.1, 0.15) is 11.5 Å². The van der Waals surface area contributed by atoms with Crippen LogP contribution in [0.4, 0.5) is 0 Å². The highest BCUT2D eigenvalue weighted by Crippen LogP contribution is 2.34. The monoisotopic (exact) mass is 410 g/mol. The summed E-state index contributed by atoms with van der Waals surface area (Å²) in [7, 11) is 0. The van der Waals surface area contributed by atoms with Crippen molar-refractivity contribution >= 4 is 0 Å². The molecule has 0 spiro atoms. The lowest BCUT2D eigenvalue weighted by atomic mass is 9.96. The minimum Gasteiger partial charge on any atom is -0.493 e. The molecule has 0 aliphatic carbocycles. The minimum absolute atomic E-state index is 0.809. The molecule has 2 rings (SSSR count). The lowest BCUT2D eigenvalue weighted by Gasteiger charge is -2.17. The van der Waals surface area contributed by atoms with E-state index in [4.69, 9.17) is 9.47 Å². The van der Waals surface area contributed by atoms with Crippen LogP contribution in [0, 0.1) is 27.7 Å². The Balaban J connectivity index is 2.09. The molecule has 0 bridgehead atoms. The molecular formula is C28H42O2. The maximum atomic E-state index is 6.12. The number of rotatable bonds is 13. The van der Waals surface area contributed by atoms with Crippen molar-refractivity contribution < 1.29 is 9.47 Å². The Bertz CT molecular complexity index is 678. The second-order valence-electron chi connectivity index (χ2n) is 8.70. The van der Waals surface area contributed by atoms with E-state index in [1.54, 1.807) is 0 Å². The predicted octanol–water partition coefficient (Wildman–Crippen LogP) is 8.51. The van der Waals surface area contributed by atoms with Gasteiger partial charge in [0.15, 0.2) is 0 Å². The van der Waals surface area contributed by atoms with E-state index in [0.717, 1.165) is 37.6 Å². The number of hydrogen-bond donors (Lipinski definition) is 0. The molecule has 0 saturated heterocycles. The maximum absolute atomic E-state index is 6.12. The second kappa shape index (κ2) is 12.7. The lowest BCUT2D eigenvalue weighted by Crippen LogP contribution is -2.02. The van der Waals surface area contributed by atoms with Crippen molar-refractivity contribution in [1.82, 2.24) is 0 Å². The van der Waals surface area contributed by atoms with Crippen LogP contribution in [-0.2, 0) is 0 Å². The summed E-state index contributed by atoms with van der Waals surface area (Å²) in [6.07, 6.45) is 9.85. The number of aryl methyl sites for hydroxylation is 4. The van der Waals surface area contributed by atoms with Crippen LogP contribution in [0.1, 0.15) is 87.5 Å². The molecule has 2 nitrogen and oxygen atoms in total. The standard InChI is InChI=1S/C28H42O2/c1-7-9-11-13-15-29-27-21(3)17-25(18-22(27)4)26-19-23(5)28(24(6)20-26)30-16-14-12-10-8-2/h17-20H,7-16H2,1-6H3. The second-order valence-corrected chi connectivity index (χ2v) is 8.70. The summed E-state index contributed by atoms with van der Waals surface area (Å²) in [6, 6.07) is 9.03. The van der Waals surface area contributed by atoms with Crippen LogP contribution in [-0.4, -0.2) is 13.2 Å². The number of unbranched alkanes of at least 4 members (excludes halogenated alkanes) is 6. The maximum Gasteiger partial charge on any atom is 0.125 e. The molecule has 0 heterocycles. The Morgan fingerprint density at radius 1 is 0.500 bits per heavy atom. The summed E-state index contributed by atoms with van der Waals surface area (Å²) >= 11 is 0. The van der Waals surface area contributed by atoms with Crippen LogP contribution >= 0.6 is 0 Å². The molecule has 30 heavy (non-hydrogen) atoms. The van der Waals surface area contributed by atoms with Gasteiger partial charge in [0.25, 0.3) is 0 Å². The van der Waals surface area contributed by atoms with Crippen LogP contribution in [0.3, 0.4) is 0 Å². The van der Waals surface area contributed by atoms with Gasteiger partial charge >= 0.3 is 0 Å². The first-order chi connectivity index (χ1) is 14.5. The molecule has 0 atom stereocenters. The molecular weight excluding hydrogens is 368 g/mol. The van der Waals surface area contributed by atoms with Crippen molar-refractivity contribution in [3.05, 3.63) is 46.5 Å². The van der Waals surface area contributed by atoms with Crippen molar-refractivity contribution in [3.8, 4) is 22.6 Å². The molecule has 0 radical (unpaired) electrons. The zero-order valence-electron chi connectivity index (χ0n) is 20.2. The molecule has 0 aliphatic rings. The van der Waals surface area contributed by atoms with E-state index in [9.17, 15) is 0 Å². The molecule has 2 heteroatoms. The van der Waals surface area contributed by atoms with Crippen LogP contribution in [0.15, 0.2) is 24.3 Å². The van der Waals surface area contributed by atoms with Crippen molar-refractivity contribution in [3.63, 3.8) is 0 Å². The molecule has 0 saturated carbocycles. The zero-order valence-corrected chi connectivity index (χ0v) is 20.2. The minimum atomic E-state index is 0.809. The molecule has 2 aromatic carbocycles. The van der Waals surface area contributed by atoms with Gasteiger partial charge in [-0.15, -0.1) is 0 Å². The third kappa shape index (κ3) is 7.07. The van der Waals surface area contributed by atoms with E-state index in [0.29, 0.717) is 0 Å². The summed E-state index contributed by atoms with van der Waals surface area (Å²) in [5.74, 6) is 2.10. The van der Waals surface area contributed by atoms with Gasteiger partial charge in [0, 0.05) is 0 Å². The van der Waals surface area contributed by atoms with Crippen molar-refractivity contribution in [2.75, 3.05) is 13.2 Å². The van der Waals surface area contributed by atoms with Gasteiger partial charge < -0.3 is 9.47 Å². The third-order valence-electron chi connectivity index (χ3n) is 5.74. The highest BCUT2D eigenvalue weighted by Gasteiger charge is 2.12. The molecule has 0 amide bonds. The number of ether oxygens (including phenoxy) is 2. The van der Waals surface area contributed by atoms with Crippen molar-refractivity contribution in [2.45, 2.75) is 92.9 Å². The fourth-order valence-corrected chi connectivity index (χ4v) is 4.10. The fraction of sp³-hybridized carbons (Fsp3) is 0.571. The summed E-state index contributed by atoms with van der Waals surface area (Å²) in [5.41, 5.74) is 7.37. The normalized spacial score (nSPS) is 11.0. The molecule has 0 N–H and O–H groups in total. The van der Waals surface area contributed by atoms with Crippen LogP contribution in [0.2, 0.25) is 0 Å². The van der Waals surface area contributed by atoms with E-state index in [-0.39, 0.29) is 0 Å². The highest BCUT2D eigenvalue weighted by atomic mass is 16.5. The topological polar surface area (TPSA) is 18.5 Å². The van der Waals surface area contributed by atoms with Gasteiger partial charge in [-0.05, 0) is 98.2 Å². The van der Waals surface area contributed by atoms with Crippen molar-refractivity contribution in [1.29, 1.82) is 0 Å². The molecule has 0 aromatic heterocycles. The first-order valence-corrected chi connectivity index (χ1v) is 12.0.